The van der Waals surface area contributed by atoms with Gasteiger partial charge in [0, 0.05) is 29.8 Å². The van der Waals surface area contributed by atoms with E-state index in [0.717, 1.165) is 23.4 Å². The molecule has 2 aromatic carbocycles. The lowest BCUT2D eigenvalue weighted by Gasteiger charge is -2.20. The number of rotatable bonds is 5. The molecule has 0 unspecified atom stereocenters. The number of ether oxygens (including phenoxy) is 1. The Hall–Kier alpha value is -3.40. The van der Waals surface area contributed by atoms with E-state index in [1.807, 2.05) is 6.07 Å². The number of hydrogen-bond donors (Lipinski definition) is 0. The number of alkyl halides is 3. The van der Waals surface area contributed by atoms with Gasteiger partial charge in [0.1, 0.15) is 5.60 Å². The molecule has 1 aliphatic heterocycles. The summed E-state index contributed by atoms with van der Waals surface area (Å²) in [7, 11) is 0. The van der Waals surface area contributed by atoms with Gasteiger partial charge in [0.05, 0.1) is 17.0 Å². The van der Waals surface area contributed by atoms with Gasteiger partial charge in [-0.15, -0.1) is 0 Å². The molecule has 0 saturated heterocycles. The summed E-state index contributed by atoms with van der Waals surface area (Å²) in [5, 5.41) is 3.48. The SMILES string of the molecule is CC(C)(C)OC(=O)CCC(=O)N1CCc2cc(-c3noc(-c4ccc(Cl)c(C(F)(F)F)c4)n3)ccc21. The first-order valence-corrected chi connectivity index (χ1v) is 11.6. The predicted octanol–water partition coefficient (Wildman–Crippen LogP) is 6.09. The highest BCUT2D eigenvalue weighted by atomic mass is 35.5. The summed E-state index contributed by atoms with van der Waals surface area (Å²) in [4.78, 5) is 30.5. The van der Waals surface area contributed by atoms with Crippen LogP contribution < -0.4 is 4.90 Å². The standard InChI is InChI=1S/C25H23ClF3N3O4/c1-24(2,3)35-21(34)9-8-20(33)32-11-10-14-12-15(5-7-19(14)32)22-30-23(36-31-22)16-4-6-18(26)17(13-16)25(27,28)29/h4-7,12-13H,8-11H2,1-3H3. The summed E-state index contributed by atoms with van der Waals surface area (Å²) in [6, 6.07) is 8.64. The minimum atomic E-state index is -4.62. The molecule has 1 amide bonds. The lowest BCUT2D eigenvalue weighted by Crippen LogP contribution is -2.30. The number of halogens is 4. The third-order valence-corrected chi connectivity index (χ3v) is 5.77. The number of anilines is 1. The lowest BCUT2D eigenvalue weighted by atomic mass is 10.1. The van der Waals surface area contributed by atoms with Crippen LogP contribution >= 0.6 is 11.6 Å². The van der Waals surface area contributed by atoms with E-state index >= 15 is 0 Å². The maximum absolute atomic E-state index is 13.2. The quantitative estimate of drug-likeness (QED) is 0.378. The van der Waals surface area contributed by atoms with Crippen LogP contribution in [0.2, 0.25) is 5.02 Å². The Morgan fingerprint density at radius 2 is 1.81 bits per heavy atom. The maximum Gasteiger partial charge on any atom is 0.417 e. The first-order valence-electron chi connectivity index (χ1n) is 11.2. The van der Waals surface area contributed by atoms with E-state index in [2.05, 4.69) is 10.1 Å². The number of amides is 1. The monoisotopic (exact) mass is 521 g/mol. The first kappa shape index (κ1) is 25.7. The molecule has 11 heteroatoms. The second kappa shape index (κ2) is 9.57. The van der Waals surface area contributed by atoms with Crippen molar-refractivity contribution in [2.75, 3.05) is 11.4 Å². The number of fused-ring (bicyclic) bond motifs is 1. The molecule has 7 nitrogen and oxygen atoms in total. The van der Waals surface area contributed by atoms with E-state index in [1.54, 1.807) is 37.8 Å². The summed E-state index contributed by atoms with van der Waals surface area (Å²) in [6.07, 6.45) is -4.00. The van der Waals surface area contributed by atoms with Crippen LogP contribution in [-0.2, 0) is 26.9 Å². The van der Waals surface area contributed by atoms with Crippen molar-refractivity contribution in [2.24, 2.45) is 0 Å². The number of benzene rings is 2. The minimum absolute atomic E-state index is 0.00753. The van der Waals surface area contributed by atoms with Gasteiger partial charge in [-0.25, -0.2) is 0 Å². The third-order valence-electron chi connectivity index (χ3n) is 5.44. The van der Waals surface area contributed by atoms with Gasteiger partial charge in [-0.05, 0) is 69.2 Å². The second-order valence-electron chi connectivity index (χ2n) is 9.34. The number of hydrogen-bond acceptors (Lipinski definition) is 6. The topological polar surface area (TPSA) is 85.5 Å². The van der Waals surface area contributed by atoms with E-state index in [9.17, 15) is 22.8 Å². The van der Waals surface area contributed by atoms with Crippen molar-refractivity contribution in [2.45, 2.75) is 51.8 Å². The molecular formula is C25H23ClF3N3O4. The van der Waals surface area contributed by atoms with E-state index < -0.39 is 28.3 Å². The Labute approximate surface area is 210 Å². The highest BCUT2D eigenvalue weighted by Gasteiger charge is 2.34. The van der Waals surface area contributed by atoms with Gasteiger partial charge in [0.2, 0.25) is 11.7 Å². The smallest absolute Gasteiger partial charge is 0.417 e. The fourth-order valence-corrected chi connectivity index (χ4v) is 4.09. The summed E-state index contributed by atoms with van der Waals surface area (Å²) in [5.74, 6) is -0.489. The van der Waals surface area contributed by atoms with Crippen molar-refractivity contribution in [1.82, 2.24) is 10.1 Å². The molecular weight excluding hydrogens is 499 g/mol. The van der Waals surface area contributed by atoms with E-state index in [0.29, 0.717) is 18.5 Å². The zero-order chi connectivity index (χ0) is 26.3. The molecule has 2 heterocycles. The molecule has 0 aliphatic carbocycles. The normalized spacial score (nSPS) is 13.6. The van der Waals surface area contributed by atoms with Gasteiger partial charge in [0.15, 0.2) is 0 Å². The van der Waals surface area contributed by atoms with Crippen LogP contribution in [0.4, 0.5) is 18.9 Å². The predicted molar refractivity (Wildman–Crippen MR) is 126 cm³/mol. The van der Waals surface area contributed by atoms with Crippen LogP contribution in [0, 0.1) is 0 Å². The Morgan fingerprint density at radius 3 is 2.50 bits per heavy atom. The molecule has 0 bridgehead atoms. The molecule has 4 rings (SSSR count). The number of carbonyl (C=O) groups excluding carboxylic acids is 2. The van der Waals surface area contributed by atoms with E-state index in [-0.39, 0.29) is 36.0 Å². The summed E-state index contributed by atoms with van der Waals surface area (Å²) >= 11 is 5.68. The molecule has 0 saturated carbocycles. The van der Waals surface area contributed by atoms with Gasteiger partial charge >= 0.3 is 12.1 Å². The highest BCUT2D eigenvalue weighted by molar-refractivity contribution is 6.31. The molecule has 0 atom stereocenters. The molecule has 0 fully saturated rings. The number of aromatic nitrogens is 2. The average molecular weight is 522 g/mol. The molecule has 36 heavy (non-hydrogen) atoms. The Balaban J connectivity index is 1.48. The van der Waals surface area contributed by atoms with Crippen LogP contribution in [0.25, 0.3) is 22.8 Å². The van der Waals surface area contributed by atoms with Gasteiger partial charge in [-0.2, -0.15) is 18.2 Å². The van der Waals surface area contributed by atoms with Gasteiger partial charge in [-0.3, -0.25) is 9.59 Å². The second-order valence-corrected chi connectivity index (χ2v) is 9.75. The van der Waals surface area contributed by atoms with Gasteiger partial charge < -0.3 is 14.2 Å². The summed E-state index contributed by atoms with van der Waals surface area (Å²) in [5.41, 5.74) is 0.694. The zero-order valence-corrected chi connectivity index (χ0v) is 20.5. The minimum Gasteiger partial charge on any atom is -0.460 e. The fraction of sp³-hybridized carbons (Fsp3) is 0.360. The largest absolute Gasteiger partial charge is 0.460 e. The van der Waals surface area contributed by atoms with Crippen LogP contribution in [0.3, 0.4) is 0 Å². The van der Waals surface area contributed by atoms with Crippen LogP contribution in [0.1, 0.15) is 44.7 Å². The van der Waals surface area contributed by atoms with Crippen molar-refractivity contribution in [1.29, 1.82) is 0 Å². The van der Waals surface area contributed by atoms with Crippen molar-refractivity contribution in [3.05, 3.63) is 52.5 Å². The Kier molecular flexibility index (Phi) is 6.83. The molecule has 190 valence electrons. The molecule has 0 N–H and O–H groups in total. The number of nitrogens with zero attached hydrogens (tertiary/aromatic N) is 3. The number of esters is 1. The fourth-order valence-electron chi connectivity index (χ4n) is 3.87. The highest BCUT2D eigenvalue weighted by Crippen LogP contribution is 2.37. The molecule has 0 spiro atoms. The summed E-state index contributed by atoms with van der Waals surface area (Å²) < 4.78 is 50.0. The third kappa shape index (κ3) is 5.70. The number of carbonyl (C=O) groups is 2. The summed E-state index contributed by atoms with van der Waals surface area (Å²) in [6.45, 7) is 5.77. The average Bonchev–Trinajstić information content (AvgIpc) is 3.43. The van der Waals surface area contributed by atoms with Crippen molar-refractivity contribution < 1.29 is 32.0 Å². The zero-order valence-electron chi connectivity index (χ0n) is 19.8. The van der Waals surface area contributed by atoms with Crippen molar-refractivity contribution in [3.8, 4) is 22.8 Å². The Bertz CT molecular complexity index is 1310. The van der Waals surface area contributed by atoms with E-state index in [1.165, 1.54) is 6.07 Å². The molecule has 1 aliphatic rings. The van der Waals surface area contributed by atoms with Crippen molar-refractivity contribution >= 4 is 29.2 Å². The maximum atomic E-state index is 13.2. The van der Waals surface area contributed by atoms with Crippen LogP contribution in [0.15, 0.2) is 40.9 Å². The molecule has 0 radical (unpaired) electrons. The molecule has 3 aromatic rings. The first-order chi connectivity index (χ1) is 16.8. The molecule has 1 aromatic heterocycles. The van der Waals surface area contributed by atoms with Crippen LogP contribution in [-0.4, -0.2) is 34.2 Å². The lowest BCUT2D eigenvalue weighted by molar-refractivity contribution is -0.155. The van der Waals surface area contributed by atoms with Crippen molar-refractivity contribution in [3.63, 3.8) is 0 Å². The van der Waals surface area contributed by atoms with Crippen LogP contribution in [0.5, 0.6) is 0 Å². The Morgan fingerprint density at radius 1 is 1.08 bits per heavy atom. The van der Waals surface area contributed by atoms with E-state index in [4.69, 9.17) is 20.9 Å². The van der Waals surface area contributed by atoms with Gasteiger partial charge in [-0.1, -0.05) is 16.8 Å². The van der Waals surface area contributed by atoms with Gasteiger partial charge in [0.25, 0.3) is 5.89 Å².